The molecule has 90 valence electrons. The minimum atomic E-state index is -0.177. The first kappa shape index (κ1) is 12.6. The Balaban J connectivity index is 2.28. The molecule has 0 aliphatic rings. The molecule has 16 heavy (non-hydrogen) atoms. The van der Waals surface area contributed by atoms with Gasteiger partial charge in [0.15, 0.2) is 0 Å². The summed E-state index contributed by atoms with van der Waals surface area (Å²) in [5, 5.41) is 7.47. The van der Waals surface area contributed by atoms with E-state index < -0.39 is 0 Å². The van der Waals surface area contributed by atoms with E-state index in [1.54, 1.807) is 6.92 Å². The van der Waals surface area contributed by atoms with E-state index in [-0.39, 0.29) is 5.97 Å². The maximum Gasteiger partial charge on any atom is 0.307 e. The Kier molecular flexibility index (Phi) is 4.91. The first-order valence-electron chi connectivity index (χ1n) is 5.25. The van der Waals surface area contributed by atoms with Gasteiger partial charge in [-0.3, -0.25) is 9.69 Å². The number of carbonyl (C=O) groups is 1. The van der Waals surface area contributed by atoms with E-state index >= 15 is 0 Å². The average molecular weight is 227 g/mol. The monoisotopic (exact) mass is 227 g/mol. The zero-order valence-electron chi connectivity index (χ0n) is 9.89. The van der Waals surface area contributed by atoms with E-state index in [1.807, 2.05) is 18.9 Å². The van der Waals surface area contributed by atoms with Crippen molar-refractivity contribution in [3.05, 3.63) is 11.4 Å². The van der Waals surface area contributed by atoms with Crippen LogP contribution < -0.4 is 0 Å². The molecule has 1 aromatic heterocycles. The number of esters is 1. The SMILES string of the molecule is CCOC(=O)CCN(C)Cc1nonc1C. The number of rotatable bonds is 6. The summed E-state index contributed by atoms with van der Waals surface area (Å²) in [5.74, 6) is -0.177. The Hall–Kier alpha value is -1.43. The molecule has 1 aromatic rings. The molecule has 0 spiro atoms. The van der Waals surface area contributed by atoms with Crippen LogP contribution in [0.3, 0.4) is 0 Å². The Morgan fingerprint density at radius 1 is 1.50 bits per heavy atom. The molecular formula is C10H17N3O3. The molecule has 0 bridgehead atoms. The van der Waals surface area contributed by atoms with Crippen LogP contribution in [0.4, 0.5) is 0 Å². The van der Waals surface area contributed by atoms with Crippen molar-refractivity contribution in [2.75, 3.05) is 20.2 Å². The van der Waals surface area contributed by atoms with Crippen LogP contribution in [-0.4, -0.2) is 41.4 Å². The van der Waals surface area contributed by atoms with Gasteiger partial charge in [0.2, 0.25) is 0 Å². The first-order valence-corrected chi connectivity index (χ1v) is 5.25. The van der Waals surface area contributed by atoms with Crippen molar-refractivity contribution in [3.63, 3.8) is 0 Å². The summed E-state index contributed by atoms with van der Waals surface area (Å²) in [7, 11) is 1.91. The van der Waals surface area contributed by atoms with Gasteiger partial charge in [0.25, 0.3) is 0 Å². The van der Waals surface area contributed by atoms with E-state index in [0.29, 0.717) is 26.1 Å². The smallest absolute Gasteiger partial charge is 0.307 e. The van der Waals surface area contributed by atoms with Crippen molar-refractivity contribution in [1.82, 2.24) is 15.2 Å². The van der Waals surface area contributed by atoms with Crippen molar-refractivity contribution in [2.45, 2.75) is 26.8 Å². The van der Waals surface area contributed by atoms with Gasteiger partial charge in [-0.25, -0.2) is 4.63 Å². The summed E-state index contributed by atoms with van der Waals surface area (Å²) in [6, 6.07) is 0. The van der Waals surface area contributed by atoms with Gasteiger partial charge >= 0.3 is 5.97 Å². The van der Waals surface area contributed by atoms with Gasteiger partial charge in [0.05, 0.1) is 13.0 Å². The highest BCUT2D eigenvalue weighted by Crippen LogP contribution is 2.04. The predicted molar refractivity (Wildman–Crippen MR) is 56.6 cm³/mol. The summed E-state index contributed by atoms with van der Waals surface area (Å²) < 4.78 is 9.43. The highest BCUT2D eigenvalue weighted by Gasteiger charge is 2.10. The molecule has 0 aromatic carbocycles. The van der Waals surface area contributed by atoms with Crippen LogP contribution in [-0.2, 0) is 16.1 Å². The molecule has 1 rings (SSSR count). The highest BCUT2D eigenvalue weighted by molar-refractivity contribution is 5.69. The summed E-state index contributed by atoms with van der Waals surface area (Å²) in [6.45, 7) is 5.31. The minimum Gasteiger partial charge on any atom is -0.466 e. The standard InChI is InChI=1S/C10H17N3O3/c1-4-15-10(14)5-6-13(3)7-9-8(2)11-16-12-9/h4-7H2,1-3H3. The second kappa shape index (κ2) is 6.22. The van der Waals surface area contributed by atoms with Gasteiger partial charge in [0.1, 0.15) is 11.4 Å². The van der Waals surface area contributed by atoms with Crippen molar-refractivity contribution in [1.29, 1.82) is 0 Å². The van der Waals surface area contributed by atoms with Gasteiger partial charge in [-0.15, -0.1) is 0 Å². The molecule has 0 N–H and O–H groups in total. The molecule has 0 aliphatic heterocycles. The van der Waals surface area contributed by atoms with Crippen LogP contribution in [0.1, 0.15) is 24.7 Å². The largest absolute Gasteiger partial charge is 0.466 e. The zero-order chi connectivity index (χ0) is 12.0. The molecule has 0 aliphatic carbocycles. The fourth-order valence-corrected chi connectivity index (χ4v) is 1.24. The van der Waals surface area contributed by atoms with E-state index in [1.165, 1.54) is 0 Å². The first-order chi connectivity index (χ1) is 7.63. The number of ether oxygens (including phenoxy) is 1. The fraction of sp³-hybridized carbons (Fsp3) is 0.700. The molecule has 0 saturated heterocycles. The van der Waals surface area contributed by atoms with E-state index in [0.717, 1.165) is 11.4 Å². The van der Waals surface area contributed by atoms with Crippen LogP contribution >= 0.6 is 0 Å². The summed E-state index contributed by atoms with van der Waals surface area (Å²) in [5.41, 5.74) is 1.58. The summed E-state index contributed by atoms with van der Waals surface area (Å²) >= 11 is 0. The normalized spacial score (nSPS) is 10.8. The lowest BCUT2D eigenvalue weighted by atomic mass is 10.3. The number of aromatic nitrogens is 2. The zero-order valence-corrected chi connectivity index (χ0v) is 9.89. The van der Waals surface area contributed by atoms with Crippen molar-refractivity contribution < 1.29 is 14.2 Å². The molecule has 0 amide bonds. The molecule has 6 heteroatoms. The second-order valence-corrected chi connectivity index (χ2v) is 3.59. The fourth-order valence-electron chi connectivity index (χ4n) is 1.24. The van der Waals surface area contributed by atoms with Gasteiger partial charge in [-0.05, 0) is 20.9 Å². The number of aryl methyl sites for hydroxylation is 1. The topological polar surface area (TPSA) is 68.5 Å². The lowest BCUT2D eigenvalue weighted by molar-refractivity contribution is -0.143. The maximum absolute atomic E-state index is 11.1. The van der Waals surface area contributed by atoms with Crippen molar-refractivity contribution in [2.24, 2.45) is 0 Å². The molecule has 0 radical (unpaired) electrons. The molecule has 0 unspecified atom stereocenters. The molecule has 0 fully saturated rings. The number of nitrogens with zero attached hydrogens (tertiary/aromatic N) is 3. The Morgan fingerprint density at radius 2 is 2.25 bits per heavy atom. The number of carbonyl (C=O) groups excluding carboxylic acids is 1. The lowest BCUT2D eigenvalue weighted by Crippen LogP contribution is -2.22. The van der Waals surface area contributed by atoms with Gasteiger partial charge in [0, 0.05) is 13.1 Å². The number of hydrogen-bond donors (Lipinski definition) is 0. The highest BCUT2D eigenvalue weighted by atomic mass is 16.6. The predicted octanol–water partition coefficient (Wildman–Crippen LogP) is 0.763. The van der Waals surface area contributed by atoms with Crippen LogP contribution in [0.2, 0.25) is 0 Å². The van der Waals surface area contributed by atoms with E-state index in [4.69, 9.17) is 4.74 Å². The Labute approximate surface area is 94.5 Å². The number of hydrogen-bond acceptors (Lipinski definition) is 6. The third kappa shape index (κ3) is 3.98. The molecule has 0 saturated carbocycles. The molecular weight excluding hydrogens is 210 g/mol. The minimum absolute atomic E-state index is 0.177. The van der Waals surface area contributed by atoms with Crippen LogP contribution in [0.25, 0.3) is 0 Å². The Morgan fingerprint density at radius 3 is 2.81 bits per heavy atom. The second-order valence-electron chi connectivity index (χ2n) is 3.59. The third-order valence-corrected chi connectivity index (χ3v) is 2.17. The van der Waals surface area contributed by atoms with E-state index in [2.05, 4.69) is 14.9 Å². The third-order valence-electron chi connectivity index (χ3n) is 2.17. The summed E-state index contributed by atoms with van der Waals surface area (Å²) in [4.78, 5) is 13.1. The van der Waals surface area contributed by atoms with Gasteiger partial charge < -0.3 is 4.74 Å². The quantitative estimate of drug-likeness (QED) is 0.668. The van der Waals surface area contributed by atoms with Crippen molar-refractivity contribution >= 4 is 5.97 Å². The molecule has 6 nitrogen and oxygen atoms in total. The van der Waals surface area contributed by atoms with Crippen LogP contribution in [0.15, 0.2) is 4.63 Å². The van der Waals surface area contributed by atoms with Crippen LogP contribution in [0.5, 0.6) is 0 Å². The van der Waals surface area contributed by atoms with Gasteiger partial charge in [-0.2, -0.15) is 0 Å². The van der Waals surface area contributed by atoms with E-state index in [9.17, 15) is 4.79 Å². The van der Waals surface area contributed by atoms with Crippen molar-refractivity contribution in [3.8, 4) is 0 Å². The lowest BCUT2D eigenvalue weighted by Gasteiger charge is -2.14. The van der Waals surface area contributed by atoms with Gasteiger partial charge in [-0.1, -0.05) is 10.3 Å². The maximum atomic E-state index is 11.1. The molecule has 1 heterocycles. The average Bonchev–Trinajstić information content (AvgIpc) is 2.62. The molecule has 0 atom stereocenters. The summed E-state index contributed by atoms with van der Waals surface area (Å²) in [6.07, 6.45) is 0.384. The Bertz CT molecular complexity index is 338. The van der Waals surface area contributed by atoms with Crippen LogP contribution in [0, 0.1) is 6.92 Å².